The van der Waals surface area contributed by atoms with Crippen LogP contribution < -0.4 is 0 Å². The zero-order chi connectivity index (χ0) is 12.1. The Balaban J connectivity index is 2.96. The minimum Gasteiger partial charge on any atom is -0.366 e. The average Bonchev–Trinajstić information content (AvgIpc) is 2.16. The van der Waals surface area contributed by atoms with Crippen LogP contribution in [0.25, 0.3) is 0 Å². The van der Waals surface area contributed by atoms with Gasteiger partial charge in [0.15, 0.2) is 5.78 Å². The van der Waals surface area contributed by atoms with Crippen molar-refractivity contribution in [3.8, 4) is 0 Å². The number of Topliss-reactive ketones (excluding diaryl/α,β-unsaturated/α-hetero) is 1. The molecular weight excluding hydrogens is 247 g/mol. The number of hydrogen-bond acceptors (Lipinski definition) is 2. The van der Waals surface area contributed by atoms with Crippen molar-refractivity contribution in [2.24, 2.45) is 0 Å². The largest absolute Gasteiger partial charge is 0.366 e. The predicted molar refractivity (Wildman–Crippen MR) is 66.1 cm³/mol. The number of carbonyl (C=O) groups excluding carboxylic acids is 1. The van der Waals surface area contributed by atoms with Crippen LogP contribution in [0.3, 0.4) is 0 Å². The van der Waals surface area contributed by atoms with Gasteiger partial charge in [-0.1, -0.05) is 30.1 Å². The van der Waals surface area contributed by atoms with E-state index in [0.29, 0.717) is 22.2 Å². The molecule has 0 heterocycles. The van der Waals surface area contributed by atoms with Crippen LogP contribution in [-0.2, 0) is 9.53 Å². The van der Waals surface area contributed by atoms with Gasteiger partial charge < -0.3 is 4.74 Å². The average molecular weight is 261 g/mol. The summed E-state index contributed by atoms with van der Waals surface area (Å²) < 4.78 is 5.48. The van der Waals surface area contributed by atoms with E-state index in [2.05, 4.69) is 0 Å². The summed E-state index contributed by atoms with van der Waals surface area (Å²) in [4.78, 5) is 11.5. The van der Waals surface area contributed by atoms with Gasteiger partial charge in [0.05, 0.1) is 0 Å². The van der Waals surface area contributed by atoms with Crippen LogP contribution in [0.15, 0.2) is 18.2 Å². The van der Waals surface area contributed by atoms with Gasteiger partial charge in [-0.15, -0.1) is 0 Å². The predicted octanol–water partition coefficient (Wildman–Crippen LogP) is 4.05. The molecular formula is C12H14Cl2O2. The number of benzene rings is 1. The molecule has 0 amide bonds. The Hall–Kier alpha value is -0.570. The molecule has 0 bridgehead atoms. The maximum absolute atomic E-state index is 11.5. The van der Waals surface area contributed by atoms with Crippen molar-refractivity contribution in [1.29, 1.82) is 0 Å². The molecule has 0 radical (unpaired) electrons. The summed E-state index contributed by atoms with van der Waals surface area (Å²) in [5.74, 6) is -0.0493. The summed E-state index contributed by atoms with van der Waals surface area (Å²) in [6.07, 6.45) is 0.286. The van der Waals surface area contributed by atoms with Crippen LogP contribution in [0.2, 0.25) is 10.0 Å². The minimum absolute atomic E-state index is 0.0493. The monoisotopic (exact) mass is 260 g/mol. The normalized spacial score (nSPS) is 12.5. The molecule has 4 heteroatoms. The molecule has 1 rings (SSSR count). The third kappa shape index (κ3) is 3.78. The van der Waals surface area contributed by atoms with Crippen LogP contribution >= 0.6 is 23.2 Å². The first-order valence-corrected chi connectivity index (χ1v) is 5.88. The van der Waals surface area contributed by atoms with E-state index in [4.69, 9.17) is 27.9 Å². The van der Waals surface area contributed by atoms with E-state index < -0.39 is 6.10 Å². The van der Waals surface area contributed by atoms with Crippen molar-refractivity contribution in [3.63, 3.8) is 0 Å². The zero-order valence-corrected chi connectivity index (χ0v) is 10.8. The summed E-state index contributed by atoms with van der Waals surface area (Å²) in [5, 5.41) is 1.02. The number of rotatable bonds is 5. The van der Waals surface area contributed by atoms with Gasteiger partial charge in [0.25, 0.3) is 0 Å². The third-order valence-corrected chi connectivity index (χ3v) is 2.48. The van der Waals surface area contributed by atoms with Crippen LogP contribution in [0, 0.1) is 0 Å². The lowest BCUT2D eigenvalue weighted by Crippen LogP contribution is -2.13. The quantitative estimate of drug-likeness (QED) is 0.799. The fourth-order valence-electron chi connectivity index (χ4n) is 1.41. The number of hydrogen-bond donors (Lipinski definition) is 0. The molecule has 0 N–H and O–H groups in total. The molecule has 0 aromatic heterocycles. The van der Waals surface area contributed by atoms with Gasteiger partial charge in [-0.25, -0.2) is 0 Å². The number of halogens is 2. The highest BCUT2D eigenvalue weighted by atomic mass is 35.5. The second-order valence-corrected chi connectivity index (χ2v) is 4.44. The highest BCUT2D eigenvalue weighted by Crippen LogP contribution is 2.26. The van der Waals surface area contributed by atoms with E-state index in [1.807, 2.05) is 6.92 Å². The van der Waals surface area contributed by atoms with Gasteiger partial charge in [-0.3, -0.25) is 4.79 Å². The standard InChI is InChI=1S/C12H14Cl2O2/c1-3-4-16-12(8(2)15)9-5-10(13)7-11(14)6-9/h5-7,12H,3-4H2,1-2H3. The Kier molecular flexibility index (Phi) is 5.26. The summed E-state index contributed by atoms with van der Waals surface area (Å²) in [5.41, 5.74) is 0.707. The Morgan fingerprint density at radius 1 is 1.31 bits per heavy atom. The first kappa shape index (κ1) is 13.5. The fourth-order valence-corrected chi connectivity index (χ4v) is 1.95. The van der Waals surface area contributed by atoms with Gasteiger partial charge in [-0.2, -0.15) is 0 Å². The minimum atomic E-state index is -0.573. The molecule has 88 valence electrons. The summed E-state index contributed by atoms with van der Waals surface area (Å²) in [6, 6.07) is 5.04. The van der Waals surface area contributed by atoms with Crippen molar-refractivity contribution in [2.75, 3.05) is 6.61 Å². The molecule has 1 aromatic carbocycles. The zero-order valence-electron chi connectivity index (χ0n) is 9.30. The van der Waals surface area contributed by atoms with Gasteiger partial charge in [0.2, 0.25) is 0 Å². The molecule has 0 saturated heterocycles. The molecule has 1 atom stereocenters. The first-order valence-electron chi connectivity index (χ1n) is 5.12. The van der Waals surface area contributed by atoms with E-state index >= 15 is 0 Å². The van der Waals surface area contributed by atoms with E-state index in [0.717, 1.165) is 6.42 Å². The Labute approximate surface area is 106 Å². The Morgan fingerprint density at radius 2 is 1.88 bits per heavy atom. The fraction of sp³-hybridized carbons (Fsp3) is 0.417. The Morgan fingerprint density at radius 3 is 2.31 bits per heavy atom. The molecule has 0 aliphatic rings. The number of ether oxygens (including phenoxy) is 1. The van der Waals surface area contributed by atoms with Crippen LogP contribution in [0.4, 0.5) is 0 Å². The van der Waals surface area contributed by atoms with Gasteiger partial charge in [0, 0.05) is 16.7 Å². The molecule has 0 aliphatic carbocycles. The van der Waals surface area contributed by atoms with Crippen molar-refractivity contribution >= 4 is 29.0 Å². The van der Waals surface area contributed by atoms with Gasteiger partial charge in [0.1, 0.15) is 6.10 Å². The van der Waals surface area contributed by atoms with Crippen LogP contribution in [-0.4, -0.2) is 12.4 Å². The molecule has 1 unspecified atom stereocenters. The lowest BCUT2D eigenvalue weighted by Gasteiger charge is -2.15. The summed E-state index contributed by atoms with van der Waals surface area (Å²) in [6.45, 7) is 4.02. The lowest BCUT2D eigenvalue weighted by atomic mass is 10.1. The van der Waals surface area contributed by atoms with Crippen molar-refractivity contribution in [2.45, 2.75) is 26.4 Å². The molecule has 1 aromatic rings. The van der Waals surface area contributed by atoms with Gasteiger partial charge in [-0.05, 0) is 37.1 Å². The number of ketones is 1. The Bertz CT molecular complexity index is 357. The van der Waals surface area contributed by atoms with E-state index in [1.165, 1.54) is 6.92 Å². The maximum atomic E-state index is 11.5. The topological polar surface area (TPSA) is 26.3 Å². The molecule has 0 saturated carbocycles. The van der Waals surface area contributed by atoms with Crippen molar-refractivity contribution in [3.05, 3.63) is 33.8 Å². The molecule has 2 nitrogen and oxygen atoms in total. The maximum Gasteiger partial charge on any atom is 0.163 e. The smallest absolute Gasteiger partial charge is 0.163 e. The van der Waals surface area contributed by atoms with E-state index in [9.17, 15) is 4.79 Å². The summed E-state index contributed by atoms with van der Waals surface area (Å²) >= 11 is 11.8. The molecule has 16 heavy (non-hydrogen) atoms. The van der Waals surface area contributed by atoms with Crippen LogP contribution in [0.1, 0.15) is 31.9 Å². The molecule has 0 spiro atoms. The second kappa shape index (κ2) is 6.24. The van der Waals surface area contributed by atoms with Crippen LogP contribution in [0.5, 0.6) is 0 Å². The highest BCUT2D eigenvalue weighted by Gasteiger charge is 2.17. The molecule has 0 aliphatic heterocycles. The highest BCUT2D eigenvalue weighted by molar-refractivity contribution is 6.34. The van der Waals surface area contributed by atoms with Crippen molar-refractivity contribution in [1.82, 2.24) is 0 Å². The summed E-state index contributed by atoms with van der Waals surface area (Å²) in [7, 11) is 0. The van der Waals surface area contributed by atoms with E-state index in [1.54, 1.807) is 18.2 Å². The lowest BCUT2D eigenvalue weighted by molar-refractivity contribution is -0.128. The van der Waals surface area contributed by atoms with E-state index in [-0.39, 0.29) is 5.78 Å². The SMILES string of the molecule is CCCOC(C(C)=O)c1cc(Cl)cc(Cl)c1. The third-order valence-electron chi connectivity index (χ3n) is 2.05. The molecule has 0 fully saturated rings. The van der Waals surface area contributed by atoms with Crippen molar-refractivity contribution < 1.29 is 9.53 Å². The first-order chi connectivity index (χ1) is 7.54. The second-order valence-electron chi connectivity index (χ2n) is 3.56. The number of carbonyl (C=O) groups is 1. The van der Waals surface area contributed by atoms with Gasteiger partial charge >= 0.3 is 0 Å².